The minimum Gasteiger partial charge on any atom is -0.311 e. The largest absolute Gasteiger partial charge is 0.446 e. The van der Waals surface area contributed by atoms with Crippen LogP contribution < -0.4 is 26.2 Å². The Labute approximate surface area is 319 Å². The van der Waals surface area contributed by atoms with Gasteiger partial charge >= 0.3 is 5.51 Å². The fourth-order valence-electron chi connectivity index (χ4n) is 8.44. The lowest BCUT2D eigenvalue weighted by molar-refractivity contribution is -0.0328. The van der Waals surface area contributed by atoms with Crippen LogP contribution in [0.1, 0.15) is 52.7 Å². The molecule has 268 valence electrons. The number of fused-ring (bicyclic) bond motifs is 8. The number of halogens is 3. The second-order valence-electron chi connectivity index (χ2n) is 16.6. The average molecular weight is 733 g/mol. The predicted molar refractivity (Wildman–Crippen MR) is 225 cm³/mol. The summed E-state index contributed by atoms with van der Waals surface area (Å²) >= 11 is -0.0458. The Hall–Kier alpha value is -5.14. The van der Waals surface area contributed by atoms with Gasteiger partial charge in [0.15, 0.2) is 0 Å². The minimum absolute atomic E-state index is 0.0458. The van der Waals surface area contributed by atoms with Crippen LogP contribution in [0.3, 0.4) is 0 Å². The zero-order chi connectivity index (χ0) is 37.7. The first kappa shape index (κ1) is 34.6. The number of thioether (sulfide) groups is 1. The van der Waals surface area contributed by atoms with E-state index >= 15 is 0 Å². The van der Waals surface area contributed by atoms with Gasteiger partial charge in [0.1, 0.15) is 0 Å². The molecular weight excluding hydrogens is 692 g/mol. The van der Waals surface area contributed by atoms with Crippen LogP contribution in [0.5, 0.6) is 0 Å². The summed E-state index contributed by atoms with van der Waals surface area (Å²) in [6.07, 6.45) is 0. The van der Waals surface area contributed by atoms with Crippen LogP contribution in [-0.4, -0.2) is 12.2 Å². The van der Waals surface area contributed by atoms with Crippen molar-refractivity contribution in [3.05, 3.63) is 145 Å². The molecule has 54 heavy (non-hydrogen) atoms. The van der Waals surface area contributed by atoms with E-state index in [-0.39, 0.29) is 34.2 Å². The SMILES string of the molecule is CC(C)(C)c1cccc(N2c3cc(SC(F)(F)F)cc4c3B(c3ccc5ccccc5c32)c2ccc3ccccc3c2N4c2cccc(C(C)(C)C)c2)c1. The van der Waals surface area contributed by atoms with Crippen molar-refractivity contribution in [1.82, 2.24) is 0 Å². The molecule has 0 saturated heterocycles. The number of hydrogen-bond acceptors (Lipinski definition) is 3. The Morgan fingerprint density at radius 1 is 0.500 bits per heavy atom. The normalized spacial score (nSPS) is 14.0. The molecule has 0 aliphatic carbocycles. The van der Waals surface area contributed by atoms with Crippen LogP contribution in [0.4, 0.5) is 47.3 Å². The Morgan fingerprint density at radius 3 is 1.37 bits per heavy atom. The van der Waals surface area contributed by atoms with Gasteiger partial charge in [0.25, 0.3) is 6.71 Å². The van der Waals surface area contributed by atoms with E-state index in [1.165, 1.54) is 0 Å². The van der Waals surface area contributed by atoms with Crippen molar-refractivity contribution in [3.8, 4) is 0 Å². The lowest BCUT2D eigenvalue weighted by atomic mass is 9.33. The average Bonchev–Trinajstić information content (AvgIpc) is 3.13. The maximum absolute atomic E-state index is 14.5. The van der Waals surface area contributed by atoms with Crippen molar-refractivity contribution in [1.29, 1.82) is 0 Å². The molecule has 2 heterocycles. The number of rotatable bonds is 3. The summed E-state index contributed by atoms with van der Waals surface area (Å²) in [5.74, 6) is 0. The number of benzene rings is 7. The molecule has 2 aliphatic heterocycles. The number of anilines is 6. The van der Waals surface area contributed by atoms with Gasteiger partial charge in [0.2, 0.25) is 0 Å². The molecule has 2 nitrogen and oxygen atoms in total. The standard InChI is InChI=1S/C47H40BF3N2S/c1-45(2,3)31-15-11-17-33(25-31)52-40-27-35(54-47(49,50)51)28-41-42(40)48(38-23-21-29-13-7-9-19-36(29)43(38)52)39-24-22-30-14-8-10-20-37(30)44(39)53(41)34-18-12-16-32(26-34)46(4,5)6/h7-28H,1-6H3. The summed E-state index contributed by atoms with van der Waals surface area (Å²) in [7, 11) is 0. The van der Waals surface area contributed by atoms with E-state index < -0.39 is 5.51 Å². The first-order chi connectivity index (χ1) is 25.7. The highest BCUT2D eigenvalue weighted by Gasteiger charge is 2.45. The van der Waals surface area contributed by atoms with Gasteiger partial charge in [-0.05, 0) is 97.3 Å². The second-order valence-corrected chi connectivity index (χ2v) is 17.7. The zero-order valence-corrected chi connectivity index (χ0v) is 32.0. The van der Waals surface area contributed by atoms with E-state index in [1.807, 2.05) is 12.1 Å². The molecule has 0 unspecified atom stereocenters. The van der Waals surface area contributed by atoms with E-state index in [2.05, 4.69) is 161 Å². The second kappa shape index (κ2) is 12.2. The maximum atomic E-state index is 14.5. The van der Waals surface area contributed by atoms with E-state index in [9.17, 15) is 13.2 Å². The molecule has 0 bridgehead atoms. The quantitative estimate of drug-likeness (QED) is 0.132. The van der Waals surface area contributed by atoms with E-state index in [0.717, 1.165) is 83.2 Å². The first-order valence-corrected chi connectivity index (χ1v) is 19.3. The van der Waals surface area contributed by atoms with Gasteiger partial charge < -0.3 is 9.80 Å². The van der Waals surface area contributed by atoms with Gasteiger partial charge in [-0.2, -0.15) is 13.2 Å². The maximum Gasteiger partial charge on any atom is 0.446 e. The van der Waals surface area contributed by atoms with Crippen LogP contribution in [-0.2, 0) is 10.8 Å². The van der Waals surface area contributed by atoms with E-state index in [1.54, 1.807) is 12.1 Å². The molecule has 0 atom stereocenters. The molecule has 9 rings (SSSR count). The van der Waals surface area contributed by atoms with Crippen LogP contribution in [0, 0.1) is 0 Å². The summed E-state index contributed by atoms with van der Waals surface area (Å²) < 4.78 is 43.6. The molecule has 0 radical (unpaired) electrons. The number of hydrogen-bond donors (Lipinski definition) is 0. The molecule has 0 amide bonds. The van der Waals surface area contributed by atoms with Gasteiger partial charge in [-0.15, -0.1) is 0 Å². The highest BCUT2D eigenvalue weighted by molar-refractivity contribution is 8.00. The Morgan fingerprint density at radius 2 is 0.944 bits per heavy atom. The smallest absolute Gasteiger partial charge is 0.311 e. The van der Waals surface area contributed by atoms with Crippen molar-refractivity contribution in [2.24, 2.45) is 0 Å². The Bertz CT molecular complexity index is 2470. The third-order valence-electron chi connectivity index (χ3n) is 11.0. The van der Waals surface area contributed by atoms with Crippen LogP contribution in [0.25, 0.3) is 21.5 Å². The van der Waals surface area contributed by atoms with Gasteiger partial charge in [-0.1, -0.05) is 139 Å². The minimum atomic E-state index is -4.48. The molecule has 0 fully saturated rings. The summed E-state index contributed by atoms with van der Waals surface area (Å²) in [6, 6.07) is 46.1. The summed E-state index contributed by atoms with van der Waals surface area (Å²) in [5.41, 5.74) is 6.13. The molecule has 2 aliphatic rings. The first-order valence-electron chi connectivity index (χ1n) is 18.5. The molecule has 0 N–H and O–H groups in total. The molecular formula is C47H40BF3N2S. The molecule has 0 saturated carbocycles. The molecule has 0 aromatic heterocycles. The third kappa shape index (κ3) is 5.67. The van der Waals surface area contributed by atoms with Gasteiger partial charge in [0, 0.05) is 49.8 Å². The monoisotopic (exact) mass is 732 g/mol. The third-order valence-corrected chi connectivity index (χ3v) is 11.7. The van der Waals surface area contributed by atoms with E-state index in [0.29, 0.717) is 0 Å². The number of alkyl halides is 3. The number of nitrogens with zero attached hydrogens (tertiary/aromatic N) is 2. The molecule has 7 aromatic carbocycles. The summed E-state index contributed by atoms with van der Waals surface area (Å²) in [6.45, 7) is 12.9. The van der Waals surface area contributed by atoms with Gasteiger partial charge in [-0.3, -0.25) is 0 Å². The van der Waals surface area contributed by atoms with Crippen LogP contribution in [0.2, 0.25) is 0 Å². The highest BCUT2D eigenvalue weighted by Crippen LogP contribution is 2.50. The fraction of sp³-hybridized carbons (Fsp3) is 0.191. The summed E-state index contributed by atoms with van der Waals surface area (Å²) in [4.78, 5) is 4.62. The lowest BCUT2D eigenvalue weighted by Gasteiger charge is -2.45. The van der Waals surface area contributed by atoms with Crippen molar-refractivity contribution in [2.45, 2.75) is 62.8 Å². The van der Waals surface area contributed by atoms with Crippen LogP contribution in [0.15, 0.2) is 138 Å². The highest BCUT2D eigenvalue weighted by atomic mass is 32.2. The summed E-state index contributed by atoms with van der Waals surface area (Å²) in [5, 5.41) is 4.26. The molecule has 7 aromatic rings. The van der Waals surface area contributed by atoms with Crippen molar-refractivity contribution in [3.63, 3.8) is 0 Å². The molecule has 7 heteroatoms. The van der Waals surface area contributed by atoms with Crippen LogP contribution >= 0.6 is 11.8 Å². The predicted octanol–water partition coefficient (Wildman–Crippen LogP) is 12.3. The zero-order valence-electron chi connectivity index (χ0n) is 31.2. The topological polar surface area (TPSA) is 6.48 Å². The molecule has 0 spiro atoms. The Kier molecular flexibility index (Phi) is 7.82. The van der Waals surface area contributed by atoms with Crippen molar-refractivity contribution >= 4 is 90.5 Å². The van der Waals surface area contributed by atoms with Crippen molar-refractivity contribution < 1.29 is 13.2 Å². The Balaban J connectivity index is 1.45. The fourth-order valence-corrected chi connectivity index (χ4v) is 9.05. The van der Waals surface area contributed by atoms with Crippen molar-refractivity contribution in [2.75, 3.05) is 9.80 Å². The van der Waals surface area contributed by atoms with E-state index in [4.69, 9.17) is 0 Å². The lowest BCUT2D eigenvalue weighted by Crippen LogP contribution is -2.61. The van der Waals surface area contributed by atoms with Gasteiger partial charge in [-0.25, -0.2) is 0 Å². The van der Waals surface area contributed by atoms with Gasteiger partial charge in [0.05, 0.1) is 0 Å².